The number of rotatable bonds is 9. The van der Waals surface area contributed by atoms with Crippen LogP contribution in [0.2, 0.25) is 0 Å². The Kier molecular flexibility index (Phi) is 8.15. The molecule has 1 heterocycles. The summed E-state index contributed by atoms with van der Waals surface area (Å²) in [6.07, 6.45) is 6.00. The average molecular weight is 382 g/mol. The first-order valence-corrected chi connectivity index (χ1v) is 10.6. The Hall–Kier alpha value is -1.88. The number of hydrogen-bond donors (Lipinski definition) is 0. The van der Waals surface area contributed by atoms with E-state index in [1.54, 1.807) is 6.08 Å². The average Bonchev–Trinajstić information content (AvgIpc) is 2.74. The number of nitrogens with zero attached hydrogens (tertiary/aromatic N) is 1. The van der Waals surface area contributed by atoms with E-state index < -0.39 is 0 Å². The van der Waals surface area contributed by atoms with E-state index in [1.165, 1.54) is 24.3 Å². The molecule has 0 unspecified atom stereocenters. The highest BCUT2D eigenvalue weighted by atomic mass is 32.2. The highest BCUT2D eigenvalue weighted by Crippen LogP contribution is 2.20. The molecule has 0 saturated carbocycles. The Balaban J connectivity index is 1.37. The molecule has 1 aliphatic heterocycles. The lowest BCUT2D eigenvalue weighted by atomic mass is 10.1. The number of benzene rings is 2. The Morgan fingerprint density at radius 2 is 1.74 bits per heavy atom. The van der Waals surface area contributed by atoms with Crippen molar-refractivity contribution in [3.8, 4) is 0 Å². The highest BCUT2D eigenvalue weighted by molar-refractivity contribution is 7.99. The molecule has 3 rings (SSSR count). The van der Waals surface area contributed by atoms with E-state index in [1.807, 2.05) is 48.2 Å². The van der Waals surface area contributed by atoms with E-state index in [9.17, 15) is 4.79 Å². The van der Waals surface area contributed by atoms with Gasteiger partial charge in [0.25, 0.3) is 0 Å². The summed E-state index contributed by atoms with van der Waals surface area (Å²) in [5.74, 6) is 1.18. The number of ketones is 1. The van der Waals surface area contributed by atoms with Crippen molar-refractivity contribution < 1.29 is 9.53 Å². The van der Waals surface area contributed by atoms with E-state index in [0.717, 1.165) is 43.2 Å². The first-order chi connectivity index (χ1) is 13.3. The van der Waals surface area contributed by atoms with E-state index in [4.69, 9.17) is 4.74 Å². The molecule has 0 atom stereocenters. The SMILES string of the molecule is O=C(/C=C/c1ccc(SCCCCN2CCOCC2)cc1)c1ccccc1. The quantitative estimate of drug-likeness (QED) is 0.270. The van der Waals surface area contributed by atoms with Crippen LogP contribution in [0.3, 0.4) is 0 Å². The maximum Gasteiger partial charge on any atom is 0.185 e. The smallest absolute Gasteiger partial charge is 0.185 e. The summed E-state index contributed by atoms with van der Waals surface area (Å²) >= 11 is 1.90. The van der Waals surface area contributed by atoms with Gasteiger partial charge in [-0.2, -0.15) is 0 Å². The molecular formula is C23H27NO2S. The van der Waals surface area contributed by atoms with Crippen LogP contribution in [0, 0.1) is 0 Å². The second-order valence-electron chi connectivity index (χ2n) is 6.64. The van der Waals surface area contributed by atoms with Gasteiger partial charge in [-0.05, 0) is 48.9 Å². The van der Waals surface area contributed by atoms with E-state index in [0.29, 0.717) is 0 Å². The third-order valence-corrected chi connectivity index (χ3v) is 5.70. The van der Waals surface area contributed by atoms with Gasteiger partial charge >= 0.3 is 0 Å². The lowest BCUT2D eigenvalue weighted by Gasteiger charge is -2.26. The van der Waals surface area contributed by atoms with Gasteiger partial charge in [0, 0.05) is 23.5 Å². The van der Waals surface area contributed by atoms with Gasteiger partial charge in [0.2, 0.25) is 0 Å². The molecule has 0 amide bonds. The fourth-order valence-electron chi connectivity index (χ4n) is 3.00. The Morgan fingerprint density at radius 1 is 1.00 bits per heavy atom. The number of carbonyl (C=O) groups is 1. The van der Waals surface area contributed by atoms with Crippen LogP contribution in [0.15, 0.2) is 65.6 Å². The second kappa shape index (κ2) is 11.1. The summed E-state index contributed by atoms with van der Waals surface area (Å²) in [4.78, 5) is 15.9. The van der Waals surface area contributed by atoms with Crippen LogP contribution in [0.5, 0.6) is 0 Å². The first-order valence-electron chi connectivity index (χ1n) is 9.62. The third-order valence-electron chi connectivity index (χ3n) is 4.61. The number of hydrogen-bond acceptors (Lipinski definition) is 4. The Labute approximate surface area is 166 Å². The molecule has 0 aliphatic carbocycles. The topological polar surface area (TPSA) is 29.5 Å². The van der Waals surface area contributed by atoms with E-state index in [-0.39, 0.29) is 5.78 Å². The van der Waals surface area contributed by atoms with Crippen molar-refractivity contribution in [1.82, 2.24) is 4.90 Å². The first kappa shape index (κ1) is 19.9. The Morgan fingerprint density at radius 3 is 2.48 bits per heavy atom. The summed E-state index contributed by atoms with van der Waals surface area (Å²) in [5, 5.41) is 0. The molecule has 0 aromatic heterocycles. The number of carbonyl (C=O) groups excluding carboxylic acids is 1. The number of morpholine rings is 1. The minimum Gasteiger partial charge on any atom is -0.379 e. The van der Waals surface area contributed by atoms with Crippen LogP contribution in [0.25, 0.3) is 6.08 Å². The fourth-order valence-corrected chi connectivity index (χ4v) is 3.91. The van der Waals surface area contributed by atoms with Crippen LogP contribution in [-0.4, -0.2) is 49.3 Å². The monoisotopic (exact) mass is 381 g/mol. The van der Waals surface area contributed by atoms with Gasteiger partial charge in [0.05, 0.1) is 13.2 Å². The lowest BCUT2D eigenvalue weighted by Crippen LogP contribution is -2.36. The third kappa shape index (κ3) is 6.98. The molecule has 2 aromatic carbocycles. The Bertz CT molecular complexity index is 722. The minimum absolute atomic E-state index is 0.0364. The standard InChI is InChI=1S/C23H27NO2S/c25-23(21-6-2-1-3-7-21)13-10-20-8-11-22(12-9-20)27-19-5-4-14-24-15-17-26-18-16-24/h1-3,6-13H,4-5,14-19H2/b13-10+. The summed E-state index contributed by atoms with van der Waals surface area (Å²) in [5.41, 5.74) is 1.77. The minimum atomic E-state index is 0.0364. The van der Waals surface area contributed by atoms with Crippen molar-refractivity contribution >= 4 is 23.6 Å². The predicted octanol–water partition coefficient (Wildman–Crippen LogP) is 4.79. The molecule has 3 nitrogen and oxygen atoms in total. The highest BCUT2D eigenvalue weighted by Gasteiger charge is 2.09. The van der Waals surface area contributed by atoms with Crippen LogP contribution in [0.1, 0.15) is 28.8 Å². The van der Waals surface area contributed by atoms with Crippen molar-refractivity contribution in [3.05, 3.63) is 71.8 Å². The molecule has 142 valence electrons. The number of ether oxygens (including phenoxy) is 1. The molecule has 4 heteroatoms. The number of thioether (sulfide) groups is 1. The molecule has 0 spiro atoms. The van der Waals surface area contributed by atoms with Crippen LogP contribution in [0.4, 0.5) is 0 Å². The van der Waals surface area contributed by atoms with Crippen LogP contribution < -0.4 is 0 Å². The van der Waals surface area contributed by atoms with Crippen molar-refractivity contribution in [2.75, 3.05) is 38.6 Å². The summed E-state index contributed by atoms with van der Waals surface area (Å²) in [6, 6.07) is 17.8. The predicted molar refractivity (Wildman–Crippen MR) is 113 cm³/mol. The van der Waals surface area contributed by atoms with Crippen LogP contribution >= 0.6 is 11.8 Å². The molecule has 0 N–H and O–H groups in total. The zero-order valence-electron chi connectivity index (χ0n) is 15.7. The largest absolute Gasteiger partial charge is 0.379 e. The summed E-state index contributed by atoms with van der Waals surface area (Å²) < 4.78 is 5.38. The zero-order valence-corrected chi connectivity index (χ0v) is 16.5. The number of unbranched alkanes of at least 4 members (excludes halogenated alkanes) is 1. The van der Waals surface area contributed by atoms with Gasteiger partial charge in [0.15, 0.2) is 5.78 Å². The van der Waals surface area contributed by atoms with E-state index in [2.05, 4.69) is 29.2 Å². The van der Waals surface area contributed by atoms with Gasteiger partial charge in [-0.15, -0.1) is 11.8 Å². The normalized spacial score (nSPS) is 15.3. The van der Waals surface area contributed by atoms with Crippen molar-refractivity contribution in [2.45, 2.75) is 17.7 Å². The summed E-state index contributed by atoms with van der Waals surface area (Å²) in [6.45, 7) is 5.10. The molecule has 2 aromatic rings. The molecular weight excluding hydrogens is 354 g/mol. The molecule has 1 fully saturated rings. The van der Waals surface area contributed by atoms with Gasteiger partial charge in [-0.25, -0.2) is 0 Å². The maximum absolute atomic E-state index is 12.1. The van der Waals surface area contributed by atoms with Crippen molar-refractivity contribution in [3.63, 3.8) is 0 Å². The van der Waals surface area contributed by atoms with Gasteiger partial charge in [-0.3, -0.25) is 9.69 Å². The van der Waals surface area contributed by atoms with E-state index >= 15 is 0 Å². The van der Waals surface area contributed by atoms with Crippen molar-refractivity contribution in [1.29, 1.82) is 0 Å². The molecule has 27 heavy (non-hydrogen) atoms. The van der Waals surface area contributed by atoms with Gasteiger partial charge < -0.3 is 4.74 Å². The fraction of sp³-hybridized carbons (Fsp3) is 0.348. The van der Waals surface area contributed by atoms with Crippen molar-refractivity contribution in [2.24, 2.45) is 0 Å². The summed E-state index contributed by atoms with van der Waals surface area (Å²) in [7, 11) is 0. The van der Waals surface area contributed by atoms with Crippen LogP contribution in [-0.2, 0) is 4.74 Å². The molecule has 1 aliphatic rings. The molecule has 0 radical (unpaired) electrons. The maximum atomic E-state index is 12.1. The lowest BCUT2D eigenvalue weighted by molar-refractivity contribution is 0.0374. The second-order valence-corrected chi connectivity index (χ2v) is 7.81. The molecule has 1 saturated heterocycles. The van der Waals surface area contributed by atoms with Gasteiger partial charge in [0.1, 0.15) is 0 Å². The zero-order chi connectivity index (χ0) is 18.7. The number of allylic oxidation sites excluding steroid dienone is 1. The van der Waals surface area contributed by atoms with Gasteiger partial charge in [-0.1, -0.05) is 48.5 Å². The molecule has 0 bridgehead atoms.